The molecule has 0 unspecified atom stereocenters. The van der Waals surface area contributed by atoms with Gasteiger partial charge in [-0.2, -0.15) is 5.10 Å². The van der Waals surface area contributed by atoms with Gasteiger partial charge >= 0.3 is 0 Å². The Bertz CT molecular complexity index is 683. The van der Waals surface area contributed by atoms with Crippen LogP contribution in [0.4, 0.5) is 5.82 Å². The van der Waals surface area contributed by atoms with Crippen molar-refractivity contribution in [3.05, 3.63) is 12.5 Å². The monoisotopic (exact) mass is 304 g/mol. The third-order valence-corrected chi connectivity index (χ3v) is 3.98. The largest absolute Gasteiger partial charge is 0.394 e. The molecule has 0 saturated carbocycles. The number of hydrogen-bond acceptors (Lipinski definition) is 6. The van der Waals surface area contributed by atoms with Crippen LogP contribution in [0.25, 0.3) is 11.0 Å². The Kier molecular flexibility index (Phi) is 3.93. The summed E-state index contributed by atoms with van der Waals surface area (Å²) in [5.74, 6) is 0.832. The van der Waals surface area contributed by atoms with E-state index < -0.39 is 0 Å². The molecule has 8 nitrogen and oxygen atoms in total. The summed E-state index contributed by atoms with van der Waals surface area (Å²) in [7, 11) is 3.54. The van der Waals surface area contributed by atoms with E-state index in [0.29, 0.717) is 12.2 Å². The number of hydrogen-bond donors (Lipinski definition) is 1. The van der Waals surface area contributed by atoms with Gasteiger partial charge in [-0.05, 0) is 12.8 Å². The summed E-state index contributed by atoms with van der Waals surface area (Å²) < 4.78 is 1.65. The van der Waals surface area contributed by atoms with Gasteiger partial charge in [-0.3, -0.25) is 4.79 Å². The lowest BCUT2D eigenvalue weighted by atomic mass is 10.2. The molecule has 2 aromatic rings. The summed E-state index contributed by atoms with van der Waals surface area (Å²) in [5, 5.41) is 14.2. The number of rotatable bonds is 4. The fraction of sp³-hybridized carbons (Fsp3) is 0.571. The molecule has 0 bridgehead atoms. The summed E-state index contributed by atoms with van der Waals surface area (Å²) in [6, 6.07) is -0.186. The predicted octanol–water partition coefficient (Wildman–Crippen LogP) is -0.124. The minimum Gasteiger partial charge on any atom is -0.394 e. The number of likely N-dealkylation sites (N-methyl/N-ethyl adjacent to an activating group) is 1. The quantitative estimate of drug-likeness (QED) is 0.847. The van der Waals surface area contributed by atoms with Crippen LogP contribution in [0.2, 0.25) is 0 Å². The first-order valence-corrected chi connectivity index (χ1v) is 7.38. The summed E-state index contributed by atoms with van der Waals surface area (Å²) in [6.45, 7) is 1.18. The van der Waals surface area contributed by atoms with Gasteiger partial charge in [0.15, 0.2) is 5.65 Å². The molecule has 1 aliphatic rings. The van der Waals surface area contributed by atoms with Gasteiger partial charge in [-0.15, -0.1) is 0 Å². The van der Waals surface area contributed by atoms with Gasteiger partial charge in [0, 0.05) is 20.6 Å². The highest BCUT2D eigenvalue weighted by Gasteiger charge is 2.33. The van der Waals surface area contributed by atoms with E-state index in [-0.39, 0.29) is 18.6 Å². The van der Waals surface area contributed by atoms with Gasteiger partial charge in [0.05, 0.1) is 24.7 Å². The van der Waals surface area contributed by atoms with Gasteiger partial charge in [-0.25, -0.2) is 14.6 Å². The maximum atomic E-state index is 12.4. The molecular weight excluding hydrogens is 284 g/mol. The predicted molar refractivity (Wildman–Crippen MR) is 81.5 cm³/mol. The SMILES string of the molecule is CN(C)C(=O)[C@H]1CCCN1c1ncnc2c1cnn2CCO. The standard InChI is InChI=1S/C14H20N6O2/c1-18(2)14(22)11-4-3-5-19(11)12-10-8-17-20(6-7-21)13(10)16-9-15-12/h8-9,11,21H,3-7H2,1-2H3/t11-/m1/s1. The topological polar surface area (TPSA) is 87.4 Å². The molecular formula is C14H20N6O2. The molecule has 22 heavy (non-hydrogen) atoms. The second-order valence-corrected chi connectivity index (χ2v) is 5.61. The van der Waals surface area contributed by atoms with Gasteiger partial charge in [0.25, 0.3) is 0 Å². The molecule has 118 valence electrons. The van der Waals surface area contributed by atoms with Crippen LogP contribution in [0.5, 0.6) is 0 Å². The summed E-state index contributed by atoms with van der Waals surface area (Å²) >= 11 is 0. The lowest BCUT2D eigenvalue weighted by Gasteiger charge is -2.27. The van der Waals surface area contributed by atoms with Crippen molar-refractivity contribution in [2.75, 3.05) is 32.1 Å². The molecule has 1 atom stereocenters. The van der Waals surface area contributed by atoms with Gasteiger partial charge in [0.1, 0.15) is 18.2 Å². The van der Waals surface area contributed by atoms with Crippen LogP contribution in [-0.4, -0.2) is 69.0 Å². The third kappa shape index (κ3) is 2.39. The second kappa shape index (κ2) is 5.88. The first kappa shape index (κ1) is 14.7. The van der Waals surface area contributed by atoms with Crippen molar-refractivity contribution in [3.63, 3.8) is 0 Å². The highest BCUT2D eigenvalue weighted by atomic mass is 16.3. The van der Waals surface area contributed by atoms with Crippen molar-refractivity contribution in [2.24, 2.45) is 0 Å². The van der Waals surface area contributed by atoms with E-state index in [1.54, 1.807) is 29.9 Å². The van der Waals surface area contributed by atoms with Crippen LogP contribution in [-0.2, 0) is 11.3 Å². The molecule has 0 spiro atoms. The van der Waals surface area contributed by atoms with Crippen LogP contribution in [0.15, 0.2) is 12.5 Å². The fourth-order valence-electron chi connectivity index (χ4n) is 2.94. The maximum Gasteiger partial charge on any atom is 0.244 e. The summed E-state index contributed by atoms with van der Waals surface area (Å²) in [4.78, 5) is 24.7. The summed E-state index contributed by atoms with van der Waals surface area (Å²) in [5.41, 5.74) is 0.682. The minimum atomic E-state index is -0.186. The first-order valence-electron chi connectivity index (χ1n) is 7.38. The zero-order valence-electron chi connectivity index (χ0n) is 12.8. The van der Waals surface area contributed by atoms with E-state index in [1.165, 1.54) is 6.33 Å². The number of carbonyl (C=O) groups excluding carboxylic acids is 1. The molecule has 0 radical (unpaired) electrons. The van der Waals surface area contributed by atoms with Crippen LogP contribution in [0, 0.1) is 0 Å². The van der Waals surface area contributed by atoms with Crippen molar-refractivity contribution < 1.29 is 9.90 Å². The molecule has 3 heterocycles. The fourth-order valence-corrected chi connectivity index (χ4v) is 2.94. The van der Waals surface area contributed by atoms with E-state index in [1.807, 2.05) is 4.90 Å². The van der Waals surface area contributed by atoms with Crippen LogP contribution in [0.3, 0.4) is 0 Å². The number of fused-ring (bicyclic) bond motifs is 1. The number of aliphatic hydroxyl groups excluding tert-OH is 1. The number of aromatic nitrogens is 4. The van der Waals surface area contributed by atoms with Crippen molar-refractivity contribution in [3.8, 4) is 0 Å². The highest BCUT2D eigenvalue weighted by molar-refractivity contribution is 5.91. The zero-order valence-corrected chi connectivity index (χ0v) is 12.8. The molecule has 3 rings (SSSR count). The molecule has 2 aromatic heterocycles. The molecule has 0 aliphatic carbocycles. The van der Waals surface area contributed by atoms with Crippen LogP contribution >= 0.6 is 0 Å². The Morgan fingerprint density at radius 3 is 3.00 bits per heavy atom. The normalized spacial score (nSPS) is 18.1. The van der Waals surface area contributed by atoms with E-state index in [9.17, 15) is 4.79 Å². The van der Waals surface area contributed by atoms with Crippen molar-refractivity contribution >= 4 is 22.8 Å². The molecule has 1 saturated heterocycles. The number of aliphatic hydroxyl groups is 1. The van der Waals surface area contributed by atoms with Crippen LogP contribution in [0.1, 0.15) is 12.8 Å². The smallest absolute Gasteiger partial charge is 0.244 e. The Hall–Kier alpha value is -2.22. The second-order valence-electron chi connectivity index (χ2n) is 5.61. The minimum absolute atomic E-state index is 0.00156. The number of anilines is 1. The van der Waals surface area contributed by atoms with E-state index >= 15 is 0 Å². The summed E-state index contributed by atoms with van der Waals surface area (Å²) in [6.07, 6.45) is 4.98. The maximum absolute atomic E-state index is 12.4. The third-order valence-electron chi connectivity index (χ3n) is 3.98. The number of nitrogens with zero attached hydrogens (tertiary/aromatic N) is 6. The van der Waals surface area contributed by atoms with Gasteiger partial charge in [0.2, 0.25) is 5.91 Å². The first-order chi connectivity index (χ1) is 10.6. The Morgan fingerprint density at radius 1 is 1.45 bits per heavy atom. The highest BCUT2D eigenvalue weighted by Crippen LogP contribution is 2.29. The molecule has 1 amide bonds. The van der Waals surface area contributed by atoms with E-state index in [0.717, 1.165) is 30.6 Å². The van der Waals surface area contributed by atoms with E-state index in [4.69, 9.17) is 5.11 Å². The molecule has 1 aliphatic heterocycles. The number of amides is 1. The molecule has 0 aromatic carbocycles. The molecule has 8 heteroatoms. The zero-order chi connectivity index (χ0) is 15.7. The van der Waals surface area contributed by atoms with Crippen LogP contribution < -0.4 is 4.90 Å². The Morgan fingerprint density at radius 2 is 2.27 bits per heavy atom. The Labute approximate surface area is 128 Å². The van der Waals surface area contributed by atoms with Crippen molar-refractivity contribution in [2.45, 2.75) is 25.4 Å². The van der Waals surface area contributed by atoms with E-state index in [2.05, 4.69) is 15.1 Å². The average Bonchev–Trinajstić information content (AvgIpc) is 3.13. The lowest BCUT2D eigenvalue weighted by molar-refractivity contribution is -0.129. The Balaban J connectivity index is 2.00. The lowest BCUT2D eigenvalue weighted by Crippen LogP contribution is -2.43. The van der Waals surface area contributed by atoms with Gasteiger partial charge in [-0.1, -0.05) is 0 Å². The average molecular weight is 304 g/mol. The van der Waals surface area contributed by atoms with Crippen molar-refractivity contribution in [1.29, 1.82) is 0 Å². The van der Waals surface area contributed by atoms with Gasteiger partial charge < -0.3 is 14.9 Å². The molecule has 1 N–H and O–H groups in total. The number of carbonyl (C=O) groups is 1. The van der Waals surface area contributed by atoms with Crippen molar-refractivity contribution in [1.82, 2.24) is 24.6 Å². The molecule has 1 fully saturated rings.